The first-order valence-corrected chi connectivity index (χ1v) is 6.76. The van der Waals surface area contributed by atoms with Crippen molar-refractivity contribution >= 4 is 5.91 Å². The minimum atomic E-state index is -0.412. The number of nitrogens with one attached hydrogen (secondary N) is 1. The normalized spacial score (nSPS) is 22.1. The molecular formula is C13H27N3O. The van der Waals surface area contributed by atoms with Crippen molar-refractivity contribution in [2.45, 2.75) is 46.1 Å². The quantitative estimate of drug-likeness (QED) is 0.728. The molecule has 0 saturated carbocycles. The summed E-state index contributed by atoms with van der Waals surface area (Å²) in [4.78, 5) is 14.5. The number of likely N-dealkylation sites (tertiary alicyclic amines) is 1. The zero-order valence-corrected chi connectivity index (χ0v) is 11.5. The lowest BCUT2D eigenvalue weighted by atomic mass is 9.86. The fourth-order valence-corrected chi connectivity index (χ4v) is 2.16. The summed E-state index contributed by atoms with van der Waals surface area (Å²) in [5, 5.41) is 3.04. The molecule has 3 N–H and O–H groups in total. The van der Waals surface area contributed by atoms with Crippen LogP contribution in [0.25, 0.3) is 0 Å². The molecule has 1 aliphatic rings. The number of nitrogens with two attached hydrogens (primary N) is 1. The third-order valence-electron chi connectivity index (χ3n) is 4.10. The van der Waals surface area contributed by atoms with E-state index in [9.17, 15) is 4.79 Å². The Morgan fingerprint density at radius 3 is 2.53 bits per heavy atom. The van der Waals surface area contributed by atoms with E-state index in [0.717, 1.165) is 13.0 Å². The van der Waals surface area contributed by atoms with Crippen molar-refractivity contribution in [3.8, 4) is 0 Å². The number of nitrogens with zero attached hydrogens (tertiary/aromatic N) is 1. The molecule has 0 aromatic heterocycles. The Labute approximate surface area is 105 Å². The van der Waals surface area contributed by atoms with Crippen LogP contribution in [0.15, 0.2) is 0 Å². The van der Waals surface area contributed by atoms with E-state index in [4.69, 9.17) is 5.73 Å². The lowest BCUT2D eigenvalue weighted by molar-refractivity contribution is -0.130. The topological polar surface area (TPSA) is 58.4 Å². The van der Waals surface area contributed by atoms with E-state index in [-0.39, 0.29) is 5.91 Å². The van der Waals surface area contributed by atoms with Gasteiger partial charge in [0.25, 0.3) is 0 Å². The van der Waals surface area contributed by atoms with Gasteiger partial charge in [-0.1, -0.05) is 6.92 Å². The van der Waals surface area contributed by atoms with Gasteiger partial charge in [0.15, 0.2) is 0 Å². The molecule has 4 heteroatoms. The van der Waals surface area contributed by atoms with Crippen LogP contribution in [0.5, 0.6) is 0 Å². The van der Waals surface area contributed by atoms with Crippen molar-refractivity contribution in [1.82, 2.24) is 10.2 Å². The molecular weight excluding hydrogens is 214 g/mol. The number of carbonyl (C=O) groups excluding carboxylic acids is 1. The Balaban J connectivity index is 2.36. The molecule has 0 aromatic rings. The minimum absolute atomic E-state index is 0.0912. The summed E-state index contributed by atoms with van der Waals surface area (Å²) in [6.45, 7) is 9.59. The van der Waals surface area contributed by atoms with Gasteiger partial charge in [0, 0.05) is 19.1 Å². The van der Waals surface area contributed by atoms with E-state index in [1.165, 1.54) is 25.9 Å². The predicted molar refractivity (Wildman–Crippen MR) is 70.7 cm³/mol. The maximum Gasteiger partial charge on any atom is 0.227 e. The lowest BCUT2D eigenvalue weighted by Crippen LogP contribution is -2.48. The molecule has 0 aromatic carbocycles. The summed E-state index contributed by atoms with van der Waals surface area (Å²) in [6, 6.07) is 0.431. The molecule has 17 heavy (non-hydrogen) atoms. The molecule has 4 nitrogen and oxygen atoms in total. The number of rotatable bonds is 6. The summed E-state index contributed by atoms with van der Waals surface area (Å²) < 4.78 is 0. The maximum absolute atomic E-state index is 12.0. The van der Waals surface area contributed by atoms with Crippen LogP contribution in [0.1, 0.15) is 40.0 Å². The SMILES string of the molecule is CCC(C)(CN)C(=O)NCC(C)N1CCCC1. The van der Waals surface area contributed by atoms with Crippen LogP contribution < -0.4 is 11.1 Å². The van der Waals surface area contributed by atoms with Crippen molar-refractivity contribution in [2.24, 2.45) is 11.1 Å². The van der Waals surface area contributed by atoms with Crippen LogP contribution in [0, 0.1) is 5.41 Å². The van der Waals surface area contributed by atoms with E-state index in [1.54, 1.807) is 0 Å². The summed E-state index contributed by atoms with van der Waals surface area (Å²) in [7, 11) is 0. The van der Waals surface area contributed by atoms with Crippen molar-refractivity contribution < 1.29 is 4.79 Å². The Kier molecular flexibility index (Phi) is 5.40. The highest BCUT2D eigenvalue weighted by Crippen LogP contribution is 2.19. The number of hydrogen-bond donors (Lipinski definition) is 2. The van der Waals surface area contributed by atoms with E-state index < -0.39 is 5.41 Å². The second-order valence-corrected chi connectivity index (χ2v) is 5.42. The largest absolute Gasteiger partial charge is 0.354 e. The highest BCUT2D eigenvalue weighted by atomic mass is 16.2. The van der Waals surface area contributed by atoms with Crippen LogP contribution in [0.4, 0.5) is 0 Å². The maximum atomic E-state index is 12.0. The molecule has 1 amide bonds. The molecule has 0 radical (unpaired) electrons. The third kappa shape index (κ3) is 3.68. The Hall–Kier alpha value is -0.610. The molecule has 1 fully saturated rings. The zero-order chi connectivity index (χ0) is 12.9. The molecule has 1 aliphatic heterocycles. The highest BCUT2D eigenvalue weighted by molar-refractivity contribution is 5.82. The van der Waals surface area contributed by atoms with Crippen LogP contribution in [0.3, 0.4) is 0 Å². The van der Waals surface area contributed by atoms with Gasteiger partial charge < -0.3 is 11.1 Å². The second-order valence-electron chi connectivity index (χ2n) is 5.42. The van der Waals surface area contributed by atoms with Gasteiger partial charge in [0.05, 0.1) is 5.41 Å². The molecule has 0 spiro atoms. The van der Waals surface area contributed by atoms with Gasteiger partial charge >= 0.3 is 0 Å². The molecule has 2 atom stereocenters. The fraction of sp³-hybridized carbons (Fsp3) is 0.923. The van der Waals surface area contributed by atoms with Gasteiger partial charge in [-0.05, 0) is 46.2 Å². The Morgan fingerprint density at radius 2 is 2.06 bits per heavy atom. The minimum Gasteiger partial charge on any atom is -0.354 e. The van der Waals surface area contributed by atoms with Gasteiger partial charge in [-0.15, -0.1) is 0 Å². The average Bonchev–Trinajstić information content (AvgIpc) is 2.88. The first-order valence-electron chi connectivity index (χ1n) is 6.76. The third-order valence-corrected chi connectivity index (χ3v) is 4.10. The summed E-state index contributed by atoms with van der Waals surface area (Å²) in [5.41, 5.74) is 5.26. The predicted octanol–water partition coefficient (Wildman–Crippen LogP) is 0.962. The van der Waals surface area contributed by atoms with E-state index in [0.29, 0.717) is 12.6 Å². The van der Waals surface area contributed by atoms with Crippen molar-refractivity contribution in [3.05, 3.63) is 0 Å². The van der Waals surface area contributed by atoms with E-state index in [2.05, 4.69) is 17.1 Å². The van der Waals surface area contributed by atoms with Gasteiger partial charge in [-0.2, -0.15) is 0 Å². The van der Waals surface area contributed by atoms with Crippen molar-refractivity contribution in [3.63, 3.8) is 0 Å². The summed E-state index contributed by atoms with van der Waals surface area (Å²) in [6.07, 6.45) is 3.36. The molecule has 0 bridgehead atoms. The second kappa shape index (κ2) is 6.36. The fourth-order valence-electron chi connectivity index (χ4n) is 2.16. The van der Waals surface area contributed by atoms with Crippen molar-refractivity contribution in [2.75, 3.05) is 26.2 Å². The summed E-state index contributed by atoms with van der Waals surface area (Å²) in [5.74, 6) is 0.0912. The van der Waals surface area contributed by atoms with Crippen LogP contribution in [0.2, 0.25) is 0 Å². The lowest BCUT2D eigenvalue weighted by Gasteiger charge is -2.28. The van der Waals surface area contributed by atoms with E-state index >= 15 is 0 Å². The number of hydrogen-bond acceptors (Lipinski definition) is 3. The zero-order valence-electron chi connectivity index (χ0n) is 11.5. The molecule has 2 unspecified atom stereocenters. The monoisotopic (exact) mass is 241 g/mol. The van der Waals surface area contributed by atoms with Gasteiger partial charge in [-0.3, -0.25) is 9.69 Å². The standard InChI is InChI=1S/C13H27N3O/c1-4-13(3,10-14)12(17)15-9-11(2)16-7-5-6-8-16/h11H,4-10,14H2,1-3H3,(H,15,17). The molecule has 100 valence electrons. The number of carbonyl (C=O) groups is 1. The average molecular weight is 241 g/mol. The molecule has 1 rings (SSSR count). The Morgan fingerprint density at radius 1 is 1.47 bits per heavy atom. The first-order chi connectivity index (χ1) is 8.03. The summed E-state index contributed by atoms with van der Waals surface area (Å²) >= 11 is 0. The molecule has 1 saturated heterocycles. The van der Waals surface area contributed by atoms with Crippen LogP contribution in [-0.2, 0) is 4.79 Å². The Bertz CT molecular complexity index is 245. The van der Waals surface area contributed by atoms with Gasteiger partial charge in [-0.25, -0.2) is 0 Å². The van der Waals surface area contributed by atoms with Crippen LogP contribution >= 0.6 is 0 Å². The number of amides is 1. The van der Waals surface area contributed by atoms with Crippen LogP contribution in [-0.4, -0.2) is 43.0 Å². The van der Waals surface area contributed by atoms with E-state index in [1.807, 2.05) is 13.8 Å². The first kappa shape index (κ1) is 14.5. The highest BCUT2D eigenvalue weighted by Gasteiger charge is 2.30. The van der Waals surface area contributed by atoms with Gasteiger partial charge in [0.1, 0.15) is 0 Å². The smallest absolute Gasteiger partial charge is 0.227 e. The van der Waals surface area contributed by atoms with Crippen molar-refractivity contribution in [1.29, 1.82) is 0 Å². The van der Waals surface area contributed by atoms with Gasteiger partial charge in [0.2, 0.25) is 5.91 Å². The molecule has 0 aliphatic carbocycles. The molecule has 1 heterocycles.